The lowest BCUT2D eigenvalue weighted by Gasteiger charge is -2.21. The molecule has 7 nitrogen and oxygen atoms in total. The van der Waals surface area contributed by atoms with Gasteiger partial charge in [0.05, 0.1) is 6.42 Å². The number of amides is 3. The standard InChI is InChI=1S/C13H24N2O5/c1-4-20-7-5-6-14-12(19)15-10(16)8-13(2,3)9-11(17)18/h4-9H2,1-3H3,(H,17,18)(H2,14,15,16,19). The highest BCUT2D eigenvalue weighted by Crippen LogP contribution is 2.24. The molecule has 0 bridgehead atoms. The minimum absolute atomic E-state index is 0.0222. The first kappa shape index (κ1) is 18.4. The number of hydrogen-bond acceptors (Lipinski definition) is 4. The predicted molar refractivity (Wildman–Crippen MR) is 73.3 cm³/mol. The lowest BCUT2D eigenvalue weighted by Crippen LogP contribution is -2.41. The molecule has 0 heterocycles. The van der Waals surface area contributed by atoms with Crippen molar-refractivity contribution in [3.8, 4) is 0 Å². The van der Waals surface area contributed by atoms with Gasteiger partial charge in [0.15, 0.2) is 0 Å². The maximum atomic E-state index is 11.6. The molecule has 0 unspecified atom stereocenters. The Labute approximate surface area is 119 Å². The average Bonchev–Trinajstić information content (AvgIpc) is 2.25. The number of carbonyl (C=O) groups excluding carboxylic acids is 2. The van der Waals surface area contributed by atoms with Crippen LogP contribution in [0.4, 0.5) is 4.79 Å². The normalized spacial score (nSPS) is 10.9. The fraction of sp³-hybridized carbons (Fsp3) is 0.769. The number of carboxylic acid groups (broad SMARTS) is 1. The van der Waals surface area contributed by atoms with Crippen molar-refractivity contribution in [3.05, 3.63) is 0 Å². The van der Waals surface area contributed by atoms with Crippen molar-refractivity contribution in [2.45, 2.75) is 40.0 Å². The second-order valence-electron chi connectivity index (χ2n) is 5.27. The van der Waals surface area contributed by atoms with Crippen molar-refractivity contribution >= 4 is 17.9 Å². The molecule has 0 fully saturated rings. The number of ether oxygens (including phenoxy) is 1. The van der Waals surface area contributed by atoms with Crippen molar-refractivity contribution in [1.29, 1.82) is 0 Å². The molecule has 0 aliphatic carbocycles. The van der Waals surface area contributed by atoms with Crippen molar-refractivity contribution in [1.82, 2.24) is 10.6 Å². The predicted octanol–water partition coefficient (Wildman–Crippen LogP) is 1.13. The van der Waals surface area contributed by atoms with Gasteiger partial charge in [0, 0.05) is 26.2 Å². The Kier molecular flexibility index (Phi) is 8.54. The molecule has 7 heteroatoms. The number of carboxylic acids is 1. The Morgan fingerprint density at radius 2 is 1.85 bits per heavy atom. The summed E-state index contributed by atoms with van der Waals surface area (Å²) in [5, 5.41) is 13.4. The number of urea groups is 1. The van der Waals surface area contributed by atoms with E-state index in [2.05, 4.69) is 10.6 Å². The first-order valence-corrected chi connectivity index (χ1v) is 6.64. The van der Waals surface area contributed by atoms with E-state index in [1.54, 1.807) is 13.8 Å². The van der Waals surface area contributed by atoms with Crippen LogP contribution in [0.2, 0.25) is 0 Å². The zero-order valence-corrected chi connectivity index (χ0v) is 12.3. The molecule has 0 radical (unpaired) electrons. The van der Waals surface area contributed by atoms with Gasteiger partial charge >= 0.3 is 12.0 Å². The summed E-state index contributed by atoms with van der Waals surface area (Å²) in [6.07, 6.45) is 0.516. The van der Waals surface area contributed by atoms with Gasteiger partial charge in [-0.1, -0.05) is 13.8 Å². The van der Waals surface area contributed by atoms with Gasteiger partial charge in [0.25, 0.3) is 0 Å². The Morgan fingerprint density at radius 3 is 2.40 bits per heavy atom. The van der Waals surface area contributed by atoms with Gasteiger partial charge in [-0.25, -0.2) is 4.79 Å². The van der Waals surface area contributed by atoms with E-state index in [1.165, 1.54) is 0 Å². The summed E-state index contributed by atoms with van der Waals surface area (Å²) < 4.78 is 5.10. The summed E-state index contributed by atoms with van der Waals surface area (Å²) >= 11 is 0. The Balaban J connectivity index is 3.90. The lowest BCUT2D eigenvalue weighted by molar-refractivity contribution is -0.139. The highest BCUT2D eigenvalue weighted by atomic mass is 16.5. The molecule has 3 N–H and O–H groups in total. The molecule has 0 aromatic rings. The highest BCUT2D eigenvalue weighted by molar-refractivity contribution is 5.94. The monoisotopic (exact) mass is 288 g/mol. The second-order valence-corrected chi connectivity index (χ2v) is 5.27. The van der Waals surface area contributed by atoms with Crippen molar-refractivity contribution in [2.75, 3.05) is 19.8 Å². The molecule has 116 valence electrons. The third kappa shape index (κ3) is 10.3. The molecule has 0 spiro atoms. The van der Waals surface area contributed by atoms with Gasteiger partial charge in [0.1, 0.15) is 0 Å². The van der Waals surface area contributed by atoms with Crippen LogP contribution in [-0.2, 0) is 14.3 Å². The number of aliphatic carboxylic acids is 1. The summed E-state index contributed by atoms with van der Waals surface area (Å²) in [5.74, 6) is -1.46. The van der Waals surface area contributed by atoms with E-state index in [4.69, 9.17) is 9.84 Å². The molecule has 20 heavy (non-hydrogen) atoms. The maximum Gasteiger partial charge on any atom is 0.321 e. The molecular weight excluding hydrogens is 264 g/mol. The van der Waals surface area contributed by atoms with E-state index >= 15 is 0 Å². The highest BCUT2D eigenvalue weighted by Gasteiger charge is 2.25. The summed E-state index contributed by atoms with van der Waals surface area (Å²) in [6.45, 7) is 6.82. The van der Waals surface area contributed by atoms with Crippen LogP contribution in [0.15, 0.2) is 0 Å². The van der Waals surface area contributed by atoms with E-state index in [-0.39, 0.29) is 12.8 Å². The first-order valence-electron chi connectivity index (χ1n) is 6.64. The van der Waals surface area contributed by atoms with Crippen LogP contribution >= 0.6 is 0 Å². The van der Waals surface area contributed by atoms with Crippen molar-refractivity contribution in [2.24, 2.45) is 5.41 Å². The van der Waals surface area contributed by atoms with E-state index in [0.29, 0.717) is 26.2 Å². The quantitative estimate of drug-likeness (QED) is 0.552. The van der Waals surface area contributed by atoms with Crippen LogP contribution in [0.1, 0.15) is 40.0 Å². The number of rotatable bonds is 9. The van der Waals surface area contributed by atoms with E-state index < -0.39 is 23.3 Å². The second kappa shape index (κ2) is 9.30. The molecule has 0 atom stereocenters. The Bertz CT molecular complexity index is 342. The fourth-order valence-corrected chi connectivity index (χ4v) is 1.64. The maximum absolute atomic E-state index is 11.6. The van der Waals surface area contributed by atoms with E-state index in [9.17, 15) is 14.4 Å². The average molecular weight is 288 g/mol. The first-order chi connectivity index (χ1) is 9.26. The molecule has 3 amide bonds. The zero-order valence-electron chi connectivity index (χ0n) is 12.3. The molecule has 0 aromatic carbocycles. The number of hydrogen-bond donors (Lipinski definition) is 3. The Hall–Kier alpha value is -1.63. The molecule has 0 saturated carbocycles. The molecule has 0 aliphatic rings. The molecule has 0 aromatic heterocycles. The lowest BCUT2D eigenvalue weighted by atomic mass is 9.85. The van der Waals surface area contributed by atoms with Crippen LogP contribution in [-0.4, -0.2) is 42.8 Å². The zero-order chi connectivity index (χ0) is 15.6. The largest absolute Gasteiger partial charge is 0.481 e. The molecule has 0 rings (SSSR count). The van der Waals surface area contributed by atoms with Crippen LogP contribution in [0.5, 0.6) is 0 Å². The Morgan fingerprint density at radius 1 is 1.20 bits per heavy atom. The minimum Gasteiger partial charge on any atom is -0.481 e. The SMILES string of the molecule is CCOCCCNC(=O)NC(=O)CC(C)(C)CC(=O)O. The topological polar surface area (TPSA) is 105 Å². The number of nitrogens with one attached hydrogen (secondary N) is 2. The smallest absolute Gasteiger partial charge is 0.321 e. The number of carbonyl (C=O) groups is 3. The van der Waals surface area contributed by atoms with Gasteiger partial charge in [-0.3, -0.25) is 14.9 Å². The van der Waals surface area contributed by atoms with Gasteiger partial charge in [-0.05, 0) is 18.8 Å². The summed E-state index contributed by atoms with van der Waals surface area (Å²) in [4.78, 5) is 33.6. The molecule has 0 saturated heterocycles. The minimum atomic E-state index is -0.969. The van der Waals surface area contributed by atoms with Gasteiger partial charge in [-0.2, -0.15) is 0 Å². The van der Waals surface area contributed by atoms with Crippen molar-refractivity contribution < 1.29 is 24.2 Å². The van der Waals surface area contributed by atoms with Crippen LogP contribution < -0.4 is 10.6 Å². The summed E-state index contributed by atoms with van der Waals surface area (Å²) in [6, 6.07) is -0.572. The molecular formula is C13H24N2O5. The van der Waals surface area contributed by atoms with Crippen LogP contribution in [0.3, 0.4) is 0 Å². The summed E-state index contributed by atoms with van der Waals surface area (Å²) in [5.41, 5.74) is -0.689. The van der Waals surface area contributed by atoms with E-state index in [1.807, 2.05) is 6.92 Å². The van der Waals surface area contributed by atoms with Crippen LogP contribution in [0.25, 0.3) is 0 Å². The fourth-order valence-electron chi connectivity index (χ4n) is 1.64. The third-order valence-corrected chi connectivity index (χ3v) is 2.48. The van der Waals surface area contributed by atoms with E-state index in [0.717, 1.165) is 0 Å². The van der Waals surface area contributed by atoms with Gasteiger partial charge < -0.3 is 15.2 Å². The number of imide groups is 1. The third-order valence-electron chi connectivity index (χ3n) is 2.48. The van der Waals surface area contributed by atoms with Crippen LogP contribution in [0, 0.1) is 5.41 Å². The summed E-state index contributed by atoms with van der Waals surface area (Å²) in [7, 11) is 0. The van der Waals surface area contributed by atoms with Gasteiger partial charge in [0.2, 0.25) is 5.91 Å². The molecule has 0 aliphatic heterocycles. The van der Waals surface area contributed by atoms with Crippen molar-refractivity contribution in [3.63, 3.8) is 0 Å². The van der Waals surface area contributed by atoms with Gasteiger partial charge in [-0.15, -0.1) is 0 Å².